The third-order valence-electron chi connectivity index (χ3n) is 10.9. The molecular formula is C44H90O3. The lowest BCUT2D eigenvalue weighted by molar-refractivity contribution is -0.0555. The average Bonchev–Trinajstić information content (AvgIpc) is 2.99. The van der Waals surface area contributed by atoms with Gasteiger partial charge in [0.25, 0.3) is 0 Å². The first-order chi connectivity index (χ1) is 22.4. The van der Waals surface area contributed by atoms with Gasteiger partial charge >= 0.3 is 0 Å². The molecule has 0 radical (unpaired) electrons. The summed E-state index contributed by atoms with van der Waals surface area (Å²) in [5.74, 6) is 6.70. The monoisotopic (exact) mass is 667 g/mol. The van der Waals surface area contributed by atoms with E-state index in [1.807, 2.05) is 0 Å². The lowest BCUT2D eigenvalue weighted by Crippen LogP contribution is -2.26. The summed E-state index contributed by atoms with van der Waals surface area (Å²) in [4.78, 5) is 0. The molecule has 0 fully saturated rings. The van der Waals surface area contributed by atoms with Crippen molar-refractivity contribution in [2.75, 3.05) is 33.5 Å². The smallest absolute Gasteiger partial charge is 0.104 e. The zero-order chi connectivity index (χ0) is 35.3. The summed E-state index contributed by atoms with van der Waals surface area (Å²) in [7, 11) is 1.77. The molecule has 0 N–H and O–H groups in total. The van der Waals surface area contributed by atoms with Crippen LogP contribution in [0.2, 0.25) is 0 Å². The highest BCUT2D eigenvalue weighted by Gasteiger charge is 2.13. The number of ether oxygens (including phenoxy) is 3. The number of hydrogen-bond acceptors (Lipinski definition) is 3. The summed E-state index contributed by atoms with van der Waals surface area (Å²) >= 11 is 0. The molecule has 0 aromatic rings. The van der Waals surface area contributed by atoms with Crippen molar-refractivity contribution in [1.82, 2.24) is 0 Å². The van der Waals surface area contributed by atoms with Gasteiger partial charge in [0.2, 0.25) is 0 Å². The Morgan fingerprint density at radius 3 is 0.957 bits per heavy atom. The molecule has 0 saturated heterocycles. The molecular weight excluding hydrogens is 576 g/mol. The standard InChI is InChI=1S/C44H90O3/c1-36(2)18-12-20-38(5)22-14-24-40(7)26-16-28-42(9)30-32-46-35-44(34-45-11)47-33-31-43(10)29-17-27-41(8)25-15-23-39(6)21-13-19-37(3)4/h36-44H,12-35H2,1-11H3. The highest BCUT2D eigenvalue weighted by atomic mass is 16.6. The molecule has 0 aromatic carbocycles. The average molecular weight is 667 g/mol. The highest BCUT2D eigenvalue weighted by Crippen LogP contribution is 2.24. The zero-order valence-electron chi connectivity index (χ0n) is 34.4. The van der Waals surface area contributed by atoms with E-state index in [0.29, 0.717) is 13.2 Å². The molecule has 284 valence electrons. The summed E-state index contributed by atoms with van der Waals surface area (Å²) in [5, 5.41) is 0. The highest BCUT2D eigenvalue weighted by molar-refractivity contribution is 4.64. The molecule has 0 aliphatic heterocycles. The molecule has 0 aliphatic carbocycles. The topological polar surface area (TPSA) is 27.7 Å². The second kappa shape index (κ2) is 31.8. The molecule has 7 unspecified atom stereocenters. The van der Waals surface area contributed by atoms with Gasteiger partial charge in [-0.2, -0.15) is 0 Å². The van der Waals surface area contributed by atoms with Crippen LogP contribution in [0.4, 0.5) is 0 Å². The Morgan fingerprint density at radius 2 is 0.638 bits per heavy atom. The minimum absolute atomic E-state index is 0.0501. The van der Waals surface area contributed by atoms with Gasteiger partial charge in [0.1, 0.15) is 6.10 Å². The van der Waals surface area contributed by atoms with Crippen LogP contribution in [0.1, 0.15) is 198 Å². The first-order valence-electron chi connectivity index (χ1n) is 21.1. The summed E-state index contributed by atoms with van der Waals surface area (Å²) in [6.07, 6.45) is 27.4. The Balaban J connectivity index is 3.87. The molecule has 0 spiro atoms. The summed E-state index contributed by atoms with van der Waals surface area (Å²) in [6.45, 7) is 26.9. The Hall–Kier alpha value is -0.120. The minimum Gasteiger partial charge on any atom is -0.382 e. The summed E-state index contributed by atoms with van der Waals surface area (Å²) in [6, 6.07) is 0. The van der Waals surface area contributed by atoms with Crippen LogP contribution in [0.15, 0.2) is 0 Å². The van der Waals surface area contributed by atoms with Gasteiger partial charge in [-0.15, -0.1) is 0 Å². The molecule has 0 heterocycles. The maximum Gasteiger partial charge on any atom is 0.104 e. The lowest BCUT2D eigenvalue weighted by Gasteiger charge is -2.20. The molecule has 0 aliphatic rings. The normalized spacial score (nSPS) is 16.8. The Kier molecular flexibility index (Phi) is 31.8. The van der Waals surface area contributed by atoms with Crippen molar-refractivity contribution in [3.8, 4) is 0 Å². The second-order valence-corrected chi connectivity index (χ2v) is 17.6. The van der Waals surface area contributed by atoms with Gasteiger partial charge in [0.05, 0.1) is 13.2 Å². The van der Waals surface area contributed by atoms with E-state index in [2.05, 4.69) is 69.2 Å². The molecule has 0 aromatic heterocycles. The van der Waals surface area contributed by atoms with Crippen molar-refractivity contribution in [3.63, 3.8) is 0 Å². The van der Waals surface area contributed by atoms with E-state index in [1.54, 1.807) is 7.11 Å². The van der Waals surface area contributed by atoms with Gasteiger partial charge in [0.15, 0.2) is 0 Å². The molecule has 3 nitrogen and oxygen atoms in total. The third-order valence-corrected chi connectivity index (χ3v) is 10.9. The summed E-state index contributed by atoms with van der Waals surface area (Å²) < 4.78 is 17.7. The first-order valence-corrected chi connectivity index (χ1v) is 21.1. The van der Waals surface area contributed by atoms with E-state index in [0.717, 1.165) is 73.4 Å². The third kappa shape index (κ3) is 32.8. The van der Waals surface area contributed by atoms with Gasteiger partial charge < -0.3 is 14.2 Å². The van der Waals surface area contributed by atoms with Crippen molar-refractivity contribution in [1.29, 1.82) is 0 Å². The van der Waals surface area contributed by atoms with E-state index in [1.165, 1.54) is 116 Å². The van der Waals surface area contributed by atoms with Crippen molar-refractivity contribution in [3.05, 3.63) is 0 Å². The van der Waals surface area contributed by atoms with Crippen LogP contribution in [0, 0.1) is 47.3 Å². The van der Waals surface area contributed by atoms with E-state index < -0.39 is 0 Å². The minimum atomic E-state index is 0.0501. The molecule has 0 bridgehead atoms. The fraction of sp³-hybridized carbons (Fsp3) is 1.00. The van der Waals surface area contributed by atoms with Crippen LogP contribution < -0.4 is 0 Å². The van der Waals surface area contributed by atoms with Crippen LogP contribution in [-0.4, -0.2) is 39.6 Å². The number of rotatable bonds is 35. The van der Waals surface area contributed by atoms with Gasteiger partial charge in [-0.05, 0) is 60.2 Å². The van der Waals surface area contributed by atoms with E-state index in [9.17, 15) is 0 Å². The van der Waals surface area contributed by atoms with Gasteiger partial charge in [-0.25, -0.2) is 0 Å². The largest absolute Gasteiger partial charge is 0.382 e. The lowest BCUT2D eigenvalue weighted by atomic mass is 9.91. The quantitative estimate of drug-likeness (QED) is 0.0630. The fourth-order valence-corrected chi connectivity index (χ4v) is 7.14. The molecule has 7 atom stereocenters. The van der Waals surface area contributed by atoms with Crippen LogP contribution in [0.25, 0.3) is 0 Å². The molecule has 0 amide bonds. The maximum absolute atomic E-state index is 6.22. The van der Waals surface area contributed by atoms with E-state index >= 15 is 0 Å². The maximum atomic E-state index is 6.22. The van der Waals surface area contributed by atoms with E-state index in [4.69, 9.17) is 14.2 Å². The van der Waals surface area contributed by atoms with Crippen molar-refractivity contribution in [2.45, 2.75) is 204 Å². The van der Waals surface area contributed by atoms with Gasteiger partial charge in [-0.1, -0.05) is 185 Å². The second-order valence-electron chi connectivity index (χ2n) is 17.6. The predicted molar refractivity (Wildman–Crippen MR) is 209 cm³/mol. The van der Waals surface area contributed by atoms with Crippen molar-refractivity contribution >= 4 is 0 Å². The van der Waals surface area contributed by atoms with Gasteiger partial charge in [0, 0.05) is 20.3 Å². The SMILES string of the molecule is COCC(COCCC(C)CCCC(C)CCCC(C)CCCC(C)C)OCCC(C)CCCC(C)CCCC(C)CCCC(C)C. The first kappa shape index (κ1) is 46.9. The van der Waals surface area contributed by atoms with Crippen LogP contribution in [-0.2, 0) is 14.2 Å². The Labute approximate surface area is 298 Å². The molecule has 0 rings (SSSR count). The van der Waals surface area contributed by atoms with Crippen LogP contribution >= 0.6 is 0 Å². The summed E-state index contributed by atoms with van der Waals surface area (Å²) in [5.41, 5.74) is 0. The van der Waals surface area contributed by atoms with Crippen molar-refractivity contribution < 1.29 is 14.2 Å². The fourth-order valence-electron chi connectivity index (χ4n) is 7.14. The van der Waals surface area contributed by atoms with E-state index in [-0.39, 0.29) is 6.10 Å². The Bertz CT molecular complexity index is 634. The predicted octanol–water partition coefficient (Wildman–Crippen LogP) is 14.0. The molecule has 3 heteroatoms. The van der Waals surface area contributed by atoms with Crippen molar-refractivity contribution in [2.24, 2.45) is 47.3 Å². The molecule has 47 heavy (non-hydrogen) atoms. The molecule has 0 saturated carbocycles. The van der Waals surface area contributed by atoms with Gasteiger partial charge in [-0.3, -0.25) is 0 Å². The number of hydrogen-bond donors (Lipinski definition) is 0. The Morgan fingerprint density at radius 1 is 0.340 bits per heavy atom. The van der Waals surface area contributed by atoms with Crippen LogP contribution in [0.3, 0.4) is 0 Å². The zero-order valence-corrected chi connectivity index (χ0v) is 34.4. The van der Waals surface area contributed by atoms with Crippen LogP contribution in [0.5, 0.6) is 0 Å². The number of methoxy groups -OCH3 is 1.